The van der Waals surface area contributed by atoms with E-state index in [4.69, 9.17) is 0 Å². The van der Waals surface area contributed by atoms with Crippen LogP contribution < -0.4 is 10.6 Å². The molecule has 0 spiro atoms. The predicted octanol–water partition coefficient (Wildman–Crippen LogP) is 3.17. The van der Waals surface area contributed by atoms with Crippen molar-refractivity contribution in [2.45, 2.75) is 32.6 Å². The number of hydrogen-bond acceptors (Lipinski definition) is 4. The van der Waals surface area contributed by atoms with Crippen molar-refractivity contribution in [1.82, 2.24) is 15.3 Å². The second-order valence-corrected chi connectivity index (χ2v) is 6.35. The number of anilines is 1. The van der Waals surface area contributed by atoms with Crippen molar-refractivity contribution < 1.29 is 4.79 Å². The molecule has 0 radical (unpaired) electrons. The molecule has 3 rings (SSSR count). The fourth-order valence-electron chi connectivity index (χ4n) is 3.10. The van der Waals surface area contributed by atoms with Gasteiger partial charge < -0.3 is 10.6 Å². The summed E-state index contributed by atoms with van der Waals surface area (Å²) in [6.45, 7) is 4.02. The van der Waals surface area contributed by atoms with Crippen molar-refractivity contribution in [2.75, 3.05) is 18.4 Å². The molecule has 1 aromatic heterocycles. The zero-order valence-electron chi connectivity index (χ0n) is 14.1. The van der Waals surface area contributed by atoms with Crippen molar-refractivity contribution in [3.63, 3.8) is 0 Å². The van der Waals surface area contributed by atoms with E-state index in [9.17, 15) is 4.79 Å². The molecule has 2 heterocycles. The Hall–Kier alpha value is -2.27. The highest BCUT2D eigenvalue weighted by atomic mass is 16.1. The number of carbonyl (C=O) groups excluding carboxylic acids is 1. The third-order valence-electron chi connectivity index (χ3n) is 4.46. The molecule has 5 heteroatoms. The van der Waals surface area contributed by atoms with Gasteiger partial charge in [-0.3, -0.25) is 4.79 Å². The van der Waals surface area contributed by atoms with Gasteiger partial charge in [-0.1, -0.05) is 12.1 Å². The van der Waals surface area contributed by atoms with Crippen LogP contribution in [-0.4, -0.2) is 29.0 Å². The average Bonchev–Trinajstić information content (AvgIpc) is 2.61. The summed E-state index contributed by atoms with van der Waals surface area (Å²) in [6.07, 6.45) is 5.66. The van der Waals surface area contributed by atoms with Crippen molar-refractivity contribution in [3.05, 3.63) is 42.4 Å². The number of benzene rings is 1. The van der Waals surface area contributed by atoms with Gasteiger partial charge in [0, 0.05) is 23.9 Å². The number of piperidine rings is 1. The molecule has 1 aliphatic heterocycles. The second kappa shape index (κ2) is 8.02. The first-order valence-electron chi connectivity index (χ1n) is 8.61. The van der Waals surface area contributed by atoms with Gasteiger partial charge in [0.1, 0.15) is 5.82 Å². The Morgan fingerprint density at radius 1 is 1.29 bits per heavy atom. The minimum Gasteiger partial charge on any atom is -0.326 e. The smallest absolute Gasteiger partial charge is 0.224 e. The summed E-state index contributed by atoms with van der Waals surface area (Å²) in [5.74, 6) is 1.50. The number of nitrogens with zero attached hydrogens (tertiary/aromatic N) is 2. The van der Waals surface area contributed by atoms with Gasteiger partial charge in [0.15, 0.2) is 0 Å². The van der Waals surface area contributed by atoms with Crippen LogP contribution in [0.2, 0.25) is 0 Å². The first kappa shape index (κ1) is 16.6. The molecule has 0 saturated carbocycles. The molecule has 1 fully saturated rings. The molecular formula is C19H24N4O. The number of nitrogens with one attached hydrogen (secondary N) is 2. The van der Waals surface area contributed by atoms with Crippen LogP contribution in [0.3, 0.4) is 0 Å². The summed E-state index contributed by atoms with van der Waals surface area (Å²) in [5.41, 5.74) is 2.67. The van der Waals surface area contributed by atoms with Crippen LogP contribution in [0.4, 0.5) is 5.69 Å². The van der Waals surface area contributed by atoms with Crippen molar-refractivity contribution in [3.8, 4) is 11.3 Å². The lowest BCUT2D eigenvalue weighted by molar-refractivity contribution is -0.116. The van der Waals surface area contributed by atoms with Crippen molar-refractivity contribution >= 4 is 11.6 Å². The van der Waals surface area contributed by atoms with Crippen LogP contribution >= 0.6 is 0 Å². The molecule has 1 aromatic carbocycles. The number of aryl methyl sites for hydroxylation is 1. The Bertz CT molecular complexity index is 695. The third-order valence-corrected chi connectivity index (χ3v) is 4.46. The Balaban J connectivity index is 1.58. The minimum absolute atomic E-state index is 0.0875. The summed E-state index contributed by atoms with van der Waals surface area (Å²) in [6, 6.07) is 9.69. The fourth-order valence-corrected chi connectivity index (χ4v) is 3.10. The lowest BCUT2D eigenvalue weighted by Crippen LogP contribution is -2.28. The zero-order chi connectivity index (χ0) is 16.8. The standard InChI is InChI=1S/C19H24N4O/c1-14-21-12-9-18(22-14)16-3-2-4-17(13-16)23-19(24)6-5-15-7-10-20-11-8-15/h2-4,9,12-13,15,20H,5-8,10-11H2,1H3,(H,23,24). The fraction of sp³-hybridized carbons (Fsp3) is 0.421. The van der Waals surface area contributed by atoms with Crippen LogP contribution in [0.15, 0.2) is 36.5 Å². The molecule has 0 unspecified atom stereocenters. The monoisotopic (exact) mass is 324 g/mol. The maximum Gasteiger partial charge on any atom is 0.224 e. The Morgan fingerprint density at radius 2 is 2.12 bits per heavy atom. The molecule has 2 aromatic rings. The third kappa shape index (κ3) is 4.61. The van der Waals surface area contributed by atoms with E-state index in [0.29, 0.717) is 12.3 Å². The minimum atomic E-state index is 0.0875. The van der Waals surface area contributed by atoms with Crippen LogP contribution in [-0.2, 0) is 4.79 Å². The molecule has 5 nitrogen and oxygen atoms in total. The topological polar surface area (TPSA) is 66.9 Å². The van der Waals surface area contributed by atoms with Crippen molar-refractivity contribution in [1.29, 1.82) is 0 Å². The molecule has 126 valence electrons. The summed E-state index contributed by atoms with van der Waals surface area (Å²) >= 11 is 0. The first-order valence-corrected chi connectivity index (χ1v) is 8.61. The summed E-state index contributed by atoms with van der Waals surface area (Å²) < 4.78 is 0. The van der Waals surface area contributed by atoms with E-state index in [1.54, 1.807) is 6.20 Å². The number of aromatic nitrogens is 2. The van der Waals surface area contributed by atoms with E-state index < -0.39 is 0 Å². The zero-order valence-corrected chi connectivity index (χ0v) is 14.1. The van der Waals surface area contributed by atoms with E-state index in [0.717, 1.165) is 42.3 Å². The summed E-state index contributed by atoms with van der Waals surface area (Å²) in [7, 11) is 0. The lowest BCUT2D eigenvalue weighted by atomic mass is 9.93. The number of carbonyl (C=O) groups is 1. The first-order chi connectivity index (χ1) is 11.7. The van der Waals surface area contributed by atoms with Gasteiger partial charge >= 0.3 is 0 Å². The van der Waals surface area contributed by atoms with E-state index in [1.165, 1.54) is 12.8 Å². The van der Waals surface area contributed by atoms with Gasteiger partial charge in [-0.05, 0) is 63.4 Å². The van der Waals surface area contributed by atoms with E-state index in [2.05, 4.69) is 20.6 Å². The van der Waals surface area contributed by atoms with Crippen LogP contribution in [0.1, 0.15) is 31.5 Å². The Morgan fingerprint density at radius 3 is 2.92 bits per heavy atom. The SMILES string of the molecule is Cc1nccc(-c2cccc(NC(=O)CCC3CCNCC3)c2)n1. The summed E-state index contributed by atoms with van der Waals surface area (Å²) in [5, 5.41) is 6.37. The summed E-state index contributed by atoms with van der Waals surface area (Å²) in [4.78, 5) is 20.8. The second-order valence-electron chi connectivity index (χ2n) is 6.35. The van der Waals surface area contributed by atoms with Crippen LogP contribution in [0, 0.1) is 12.8 Å². The van der Waals surface area contributed by atoms with E-state index >= 15 is 0 Å². The Labute approximate surface area is 142 Å². The van der Waals surface area contributed by atoms with E-state index in [-0.39, 0.29) is 5.91 Å². The van der Waals surface area contributed by atoms with Gasteiger partial charge in [0.2, 0.25) is 5.91 Å². The molecule has 0 bridgehead atoms. The van der Waals surface area contributed by atoms with Gasteiger partial charge in [-0.15, -0.1) is 0 Å². The van der Waals surface area contributed by atoms with Crippen LogP contribution in [0.25, 0.3) is 11.3 Å². The Kier molecular flexibility index (Phi) is 5.54. The molecular weight excluding hydrogens is 300 g/mol. The molecule has 0 atom stereocenters. The average molecular weight is 324 g/mol. The van der Waals surface area contributed by atoms with Gasteiger partial charge in [0.25, 0.3) is 0 Å². The normalized spacial score (nSPS) is 15.2. The van der Waals surface area contributed by atoms with Gasteiger partial charge in [-0.25, -0.2) is 9.97 Å². The molecule has 1 aliphatic rings. The maximum atomic E-state index is 12.2. The number of amides is 1. The van der Waals surface area contributed by atoms with Gasteiger partial charge in [-0.2, -0.15) is 0 Å². The highest BCUT2D eigenvalue weighted by Gasteiger charge is 2.14. The predicted molar refractivity (Wildman–Crippen MR) is 95.7 cm³/mol. The maximum absolute atomic E-state index is 12.2. The molecule has 0 aliphatic carbocycles. The van der Waals surface area contributed by atoms with E-state index in [1.807, 2.05) is 37.3 Å². The number of hydrogen-bond donors (Lipinski definition) is 2. The molecule has 2 N–H and O–H groups in total. The lowest BCUT2D eigenvalue weighted by Gasteiger charge is -2.22. The molecule has 1 saturated heterocycles. The molecule has 24 heavy (non-hydrogen) atoms. The van der Waals surface area contributed by atoms with Crippen molar-refractivity contribution in [2.24, 2.45) is 5.92 Å². The quantitative estimate of drug-likeness (QED) is 0.886. The highest BCUT2D eigenvalue weighted by Crippen LogP contribution is 2.22. The van der Waals surface area contributed by atoms with Gasteiger partial charge in [0.05, 0.1) is 5.69 Å². The molecule has 1 amide bonds. The highest BCUT2D eigenvalue weighted by molar-refractivity contribution is 5.91. The van der Waals surface area contributed by atoms with Crippen LogP contribution in [0.5, 0.6) is 0 Å². The largest absolute Gasteiger partial charge is 0.326 e. The number of rotatable bonds is 5.